The molecule has 0 fully saturated rings. The van der Waals surface area contributed by atoms with Gasteiger partial charge in [-0.1, -0.05) is 152 Å². The molecule has 0 bridgehead atoms. The summed E-state index contributed by atoms with van der Waals surface area (Å²) in [6.07, 6.45) is 0. The Bertz CT molecular complexity index is 4580. The molecule has 0 aliphatic carbocycles. The Balaban J connectivity index is 0.968. The van der Waals surface area contributed by atoms with Crippen LogP contribution < -0.4 is 0 Å². The van der Waals surface area contributed by atoms with Crippen LogP contribution in [0.15, 0.2) is 237 Å². The van der Waals surface area contributed by atoms with Crippen LogP contribution in [0.25, 0.3) is 137 Å². The number of benzene rings is 10. The first-order chi connectivity index (χ1) is 34.7. The van der Waals surface area contributed by atoms with Gasteiger partial charge in [-0.05, 0) is 112 Å². The standard InChI is InChI=1S/C64H39N5S/c1-4-17-41(18-5-1)60-39-53-63(70-60)62(44-31-34-57-51(38-44)49-25-13-15-27-55(49)68(57)46-21-8-3-9-22-46)66-64(65-53)69-58-33-30-43(37-52(58)61-47-23-11-10-16-40(47)28-35-59(61)69)42-29-32-56-50(36-42)48-24-12-14-26-54(48)67(56)45-19-6-2-7-20-45/h1-39H. The number of rotatable bonds is 6. The minimum Gasteiger partial charge on any atom is -0.309 e. The van der Waals surface area contributed by atoms with Crippen LogP contribution in [0.5, 0.6) is 0 Å². The molecule has 70 heavy (non-hydrogen) atoms. The minimum atomic E-state index is 0.643. The lowest BCUT2D eigenvalue weighted by Crippen LogP contribution is -2.02. The zero-order valence-electron chi connectivity index (χ0n) is 37.7. The van der Waals surface area contributed by atoms with Crippen LogP contribution in [0, 0.1) is 0 Å². The summed E-state index contributed by atoms with van der Waals surface area (Å²) in [5.41, 5.74) is 15.5. The van der Waals surface area contributed by atoms with Crippen molar-refractivity contribution in [3.63, 3.8) is 0 Å². The Labute approximate surface area is 406 Å². The maximum absolute atomic E-state index is 5.68. The number of hydrogen-bond donors (Lipinski definition) is 0. The van der Waals surface area contributed by atoms with E-state index in [-0.39, 0.29) is 0 Å². The van der Waals surface area contributed by atoms with E-state index < -0.39 is 0 Å². The van der Waals surface area contributed by atoms with Crippen molar-refractivity contribution in [3.8, 4) is 50.1 Å². The van der Waals surface area contributed by atoms with E-state index in [4.69, 9.17) is 9.97 Å². The van der Waals surface area contributed by atoms with Crippen LogP contribution in [0.4, 0.5) is 0 Å². The number of nitrogens with zero attached hydrogens (tertiary/aromatic N) is 5. The lowest BCUT2D eigenvalue weighted by atomic mass is 9.99. The van der Waals surface area contributed by atoms with E-state index in [0.29, 0.717) is 5.95 Å². The molecular weight excluding hydrogens is 871 g/mol. The molecule has 10 aromatic carbocycles. The summed E-state index contributed by atoms with van der Waals surface area (Å²) in [6, 6.07) is 85.5. The summed E-state index contributed by atoms with van der Waals surface area (Å²) in [7, 11) is 0. The summed E-state index contributed by atoms with van der Waals surface area (Å²) in [6.45, 7) is 0. The average Bonchev–Trinajstić information content (AvgIpc) is 4.19. The van der Waals surface area contributed by atoms with Crippen molar-refractivity contribution in [1.29, 1.82) is 0 Å². The van der Waals surface area contributed by atoms with Gasteiger partial charge < -0.3 is 9.13 Å². The lowest BCUT2D eigenvalue weighted by Gasteiger charge is -2.11. The average molecular weight is 910 g/mol. The lowest BCUT2D eigenvalue weighted by molar-refractivity contribution is 1.02. The van der Waals surface area contributed by atoms with Crippen molar-refractivity contribution >= 4 is 97.7 Å². The molecule has 0 amide bonds. The van der Waals surface area contributed by atoms with Gasteiger partial charge in [0.1, 0.15) is 0 Å². The van der Waals surface area contributed by atoms with Crippen LogP contribution in [0.1, 0.15) is 0 Å². The monoisotopic (exact) mass is 909 g/mol. The Kier molecular flexibility index (Phi) is 8.46. The Hall–Kier alpha value is -9.10. The highest BCUT2D eigenvalue weighted by Gasteiger charge is 2.23. The van der Waals surface area contributed by atoms with E-state index in [2.05, 4.69) is 250 Å². The van der Waals surface area contributed by atoms with Gasteiger partial charge in [-0.15, -0.1) is 11.3 Å². The molecule has 0 atom stereocenters. The molecule has 5 aromatic heterocycles. The molecule has 0 unspecified atom stereocenters. The molecule has 5 nitrogen and oxygen atoms in total. The highest BCUT2D eigenvalue weighted by Crippen LogP contribution is 2.44. The van der Waals surface area contributed by atoms with E-state index in [1.54, 1.807) is 11.3 Å². The Morgan fingerprint density at radius 3 is 1.44 bits per heavy atom. The number of thiophene rings is 1. The third kappa shape index (κ3) is 5.84. The Morgan fingerprint density at radius 1 is 0.314 bits per heavy atom. The Morgan fingerprint density at radius 2 is 0.800 bits per heavy atom. The smallest absolute Gasteiger partial charge is 0.235 e. The van der Waals surface area contributed by atoms with E-state index in [1.165, 1.54) is 59.8 Å². The van der Waals surface area contributed by atoms with Crippen LogP contribution in [-0.4, -0.2) is 23.7 Å². The van der Waals surface area contributed by atoms with Crippen molar-refractivity contribution in [2.24, 2.45) is 0 Å². The van der Waals surface area contributed by atoms with Gasteiger partial charge in [-0.2, -0.15) is 0 Å². The number of hydrogen-bond acceptors (Lipinski definition) is 3. The zero-order valence-corrected chi connectivity index (χ0v) is 38.5. The van der Waals surface area contributed by atoms with Crippen LogP contribution >= 0.6 is 11.3 Å². The van der Waals surface area contributed by atoms with Gasteiger partial charge in [0.15, 0.2) is 0 Å². The molecule has 5 heterocycles. The molecule has 326 valence electrons. The SMILES string of the molecule is c1ccc(-c2cc3nc(-n4c5ccc(-c6ccc7c(c6)c6ccccc6n7-c6ccccc6)cc5c5c6ccccc6ccc54)nc(-c4ccc5c(c4)c4ccccc4n5-c4ccccc4)c3s2)cc1. The molecule has 15 aromatic rings. The first-order valence-corrected chi connectivity index (χ1v) is 24.5. The van der Waals surface area contributed by atoms with Gasteiger partial charge in [0, 0.05) is 54.1 Å². The summed E-state index contributed by atoms with van der Waals surface area (Å²) in [4.78, 5) is 12.3. The van der Waals surface area contributed by atoms with Gasteiger partial charge in [0.25, 0.3) is 0 Å². The van der Waals surface area contributed by atoms with E-state index in [9.17, 15) is 0 Å². The fourth-order valence-corrected chi connectivity index (χ4v) is 12.2. The molecule has 0 spiro atoms. The second-order valence-electron chi connectivity index (χ2n) is 18.2. The molecule has 15 rings (SSSR count). The maximum atomic E-state index is 5.68. The second-order valence-corrected chi connectivity index (χ2v) is 19.2. The molecular formula is C64H39N5S. The quantitative estimate of drug-likeness (QED) is 0.167. The molecule has 0 aliphatic heterocycles. The fraction of sp³-hybridized carbons (Fsp3) is 0. The second kappa shape index (κ2) is 15.2. The van der Waals surface area contributed by atoms with Gasteiger partial charge in [-0.25, -0.2) is 9.97 Å². The van der Waals surface area contributed by atoms with E-state index in [1.807, 2.05) is 0 Å². The number of fused-ring (bicyclic) bond motifs is 12. The molecule has 0 saturated heterocycles. The van der Waals surface area contributed by atoms with Gasteiger partial charge in [0.2, 0.25) is 5.95 Å². The molecule has 0 saturated carbocycles. The van der Waals surface area contributed by atoms with Crippen molar-refractivity contribution in [2.75, 3.05) is 0 Å². The molecule has 0 radical (unpaired) electrons. The fourth-order valence-electron chi connectivity index (χ4n) is 11.1. The summed E-state index contributed by atoms with van der Waals surface area (Å²) < 4.78 is 8.09. The first kappa shape index (κ1) is 38.9. The largest absolute Gasteiger partial charge is 0.309 e. The first-order valence-electron chi connectivity index (χ1n) is 23.7. The predicted molar refractivity (Wildman–Crippen MR) is 294 cm³/mol. The minimum absolute atomic E-state index is 0.643. The van der Waals surface area contributed by atoms with E-state index in [0.717, 1.165) is 70.8 Å². The number of aromatic nitrogens is 5. The maximum Gasteiger partial charge on any atom is 0.235 e. The van der Waals surface area contributed by atoms with Crippen molar-refractivity contribution in [3.05, 3.63) is 237 Å². The van der Waals surface area contributed by atoms with E-state index >= 15 is 0 Å². The van der Waals surface area contributed by atoms with Crippen molar-refractivity contribution < 1.29 is 0 Å². The zero-order chi connectivity index (χ0) is 45.9. The normalized spacial score (nSPS) is 12.0. The predicted octanol–water partition coefficient (Wildman–Crippen LogP) is 17.1. The summed E-state index contributed by atoms with van der Waals surface area (Å²) in [5.74, 6) is 0.643. The summed E-state index contributed by atoms with van der Waals surface area (Å²) in [5, 5.41) is 9.59. The van der Waals surface area contributed by atoms with Crippen LogP contribution in [0.3, 0.4) is 0 Å². The molecule has 0 N–H and O–H groups in total. The molecule has 6 heteroatoms. The highest BCUT2D eigenvalue weighted by molar-refractivity contribution is 7.22. The molecule has 0 aliphatic rings. The van der Waals surface area contributed by atoms with Gasteiger partial charge in [0.05, 0.1) is 49.0 Å². The topological polar surface area (TPSA) is 40.6 Å². The van der Waals surface area contributed by atoms with Crippen molar-refractivity contribution in [2.45, 2.75) is 0 Å². The third-order valence-corrected chi connectivity index (χ3v) is 15.4. The van der Waals surface area contributed by atoms with Crippen LogP contribution in [-0.2, 0) is 0 Å². The van der Waals surface area contributed by atoms with Gasteiger partial charge >= 0.3 is 0 Å². The summed E-state index contributed by atoms with van der Waals surface area (Å²) >= 11 is 1.76. The highest BCUT2D eigenvalue weighted by atomic mass is 32.1. The number of para-hydroxylation sites is 4. The van der Waals surface area contributed by atoms with Gasteiger partial charge in [-0.3, -0.25) is 4.57 Å². The van der Waals surface area contributed by atoms with Crippen molar-refractivity contribution in [1.82, 2.24) is 23.7 Å². The third-order valence-electron chi connectivity index (χ3n) is 14.3. The van der Waals surface area contributed by atoms with Crippen LogP contribution in [0.2, 0.25) is 0 Å².